The fourth-order valence-corrected chi connectivity index (χ4v) is 2.22. The number of halogens is 1. The van der Waals surface area contributed by atoms with Crippen molar-refractivity contribution in [2.45, 2.75) is 12.5 Å². The predicted octanol–water partition coefficient (Wildman–Crippen LogP) is 3.61. The van der Waals surface area contributed by atoms with E-state index in [4.69, 9.17) is 9.47 Å². The minimum Gasteiger partial charge on any atom is -0.478 e. The molecule has 0 N–H and O–H groups in total. The van der Waals surface area contributed by atoms with E-state index in [1.165, 1.54) is 7.11 Å². The number of rotatable bonds is 5. The minimum absolute atomic E-state index is 0.381. The smallest absolute Gasteiger partial charge is 0.347 e. The SMILES string of the molecule is COC(=O)C(Cc1ccccc1)Oc1cccc(Br)c1. The van der Waals surface area contributed by atoms with Crippen LogP contribution >= 0.6 is 15.9 Å². The Bertz CT molecular complexity index is 569. The Hall–Kier alpha value is -1.81. The van der Waals surface area contributed by atoms with E-state index in [1.54, 1.807) is 0 Å². The van der Waals surface area contributed by atoms with E-state index in [0.29, 0.717) is 12.2 Å². The molecule has 4 heteroatoms. The van der Waals surface area contributed by atoms with Gasteiger partial charge in [-0.15, -0.1) is 0 Å². The molecule has 0 amide bonds. The summed E-state index contributed by atoms with van der Waals surface area (Å²) in [6.07, 6.45) is -0.184. The first kappa shape index (κ1) is 14.6. The lowest BCUT2D eigenvalue weighted by Crippen LogP contribution is -2.30. The normalized spacial score (nSPS) is 11.7. The standard InChI is InChI=1S/C16H15BrO3/c1-19-16(18)15(10-12-6-3-2-4-7-12)20-14-9-5-8-13(17)11-14/h2-9,11,15H,10H2,1H3. The first-order chi connectivity index (χ1) is 9.69. The van der Waals surface area contributed by atoms with E-state index < -0.39 is 6.10 Å². The summed E-state index contributed by atoms with van der Waals surface area (Å²) in [4.78, 5) is 11.8. The topological polar surface area (TPSA) is 35.5 Å². The van der Waals surface area contributed by atoms with Crippen LogP contribution in [0.25, 0.3) is 0 Å². The quantitative estimate of drug-likeness (QED) is 0.783. The van der Waals surface area contributed by atoms with Crippen LogP contribution in [0.2, 0.25) is 0 Å². The summed E-state index contributed by atoms with van der Waals surface area (Å²) in [5, 5.41) is 0. The van der Waals surface area contributed by atoms with Crippen LogP contribution in [0.3, 0.4) is 0 Å². The van der Waals surface area contributed by atoms with E-state index in [2.05, 4.69) is 15.9 Å². The summed E-state index contributed by atoms with van der Waals surface area (Å²) in [6, 6.07) is 17.1. The number of carbonyl (C=O) groups is 1. The molecule has 0 aliphatic rings. The number of methoxy groups -OCH3 is 1. The zero-order valence-electron chi connectivity index (χ0n) is 11.1. The molecule has 2 rings (SSSR count). The van der Waals surface area contributed by atoms with E-state index in [9.17, 15) is 4.79 Å². The van der Waals surface area contributed by atoms with Crippen molar-refractivity contribution in [2.24, 2.45) is 0 Å². The van der Waals surface area contributed by atoms with Crippen molar-refractivity contribution in [2.75, 3.05) is 7.11 Å². The van der Waals surface area contributed by atoms with Gasteiger partial charge in [0.2, 0.25) is 0 Å². The molecular formula is C16H15BrO3. The molecule has 1 atom stereocenters. The van der Waals surface area contributed by atoms with Crippen LogP contribution in [0.5, 0.6) is 5.75 Å². The lowest BCUT2D eigenvalue weighted by atomic mass is 10.1. The molecule has 1 unspecified atom stereocenters. The van der Waals surface area contributed by atoms with Crippen molar-refractivity contribution < 1.29 is 14.3 Å². The molecule has 0 radical (unpaired) electrons. The summed E-state index contributed by atoms with van der Waals surface area (Å²) in [7, 11) is 1.37. The highest BCUT2D eigenvalue weighted by atomic mass is 79.9. The van der Waals surface area contributed by atoms with Gasteiger partial charge in [-0.05, 0) is 23.8 Å². The molecule has 0 saturated carbocycles. The Morgan fingerprint density at radius 3 is 2.55 bits per heavy atom. The maximum absolute atomic E-state index is 11.8. The van der Waals surface area contributed by atoms with E-state index in [-0.39, 0.29) is 5.97 Å². The monoisotopic (exact) mass is 334 g/mol. The molecule has 104 valence electrons. The zero-order chi connectivity index (χ0) is 14.4. The fourth-order valence-electron chi connectivity index (χ4n) is 1.84. The van der Waals surface area contributed by atoms with Crippen LogP contribution < -0.4 is 4.74 Å². The van der Waals surface area contributed by atoms with Gasteiger partial charge < -0.3 is 9.47 Å². The van der Waals surface area contributed by atoms with Gasteiger partial charge in [-0.1, -0.05) is 52.3 Å². The Kier molecular flexibility index (Phi) is 5.18. The zero-order valence-corrected chi connectivity index (χ0v) is 12.7. The third-order valence-electron chi connectivity index (χ3n) is 2.80. The molecule has 0 saturated heterocycles. The Labute approximate surface area is 126 Å². The summed E-state index contributed by atoms with van der Waals surface area (Å²) in [6.45, 7) is 0. The molecule has 20 heavy (non-hydrogen) atoms. The molecule has 3 nitrogen and oxygen atoms in total. The van der Waals surface area contributed by atoms with Crippen molar-refractivity contribution in [3.8, 4) is 5.75 Å². The van der Waals surface area contributed by atoms with Gasteiger partial charge in [0.1, 0.15) is 5.75 Å². The third kappa shape index (κ3) is 4.10. The highest BCUT2D eigenvalue weighted by molar-refractivity contribution is 9.10. The second-order valence-electron chi connectivity index (χ2n) is 4.28. The average molecular weight is 335 g/mol. The van der Waals surface area contributed by atoms with Crippen LogP contribution in [-0.2, 0) is 16.0 Å². The maximum atomic E-state index is 11.8. The second-order valence-corrected chi connectivity index (χ2v) is 5.19. The first-order valence-electron chi connectivity index (χ1n) is 6.23. The van der Waals surface area contributed by atoms with Crippen molar-refractivity contribution in [1.82, 2.24) is 0 Å². The fraction of sp³-hybridized carbons (Fsp3) is 0.188. The van der Waals surface area contributed by atoms with E-state index in [1.807, 2.05) is 54.6 Å². The van der Waals surface area contributed by atoms with Crippen LogP contribution in [0.1, 0.15) is 5.56 Å². The number of benzene rings is 2. The lowest BCUT2D eigenvalue weighted by Gasteiger charge is -2.17. The van der Waals surface area contributed by atoms with Crippen molar-refractivity contribution in [1.29, 1.82) is 0 Å². The molecule has 0 bridgehead atoms. The number of carbonyl (C=O) groups excluding carboxylic acids is 1. The number of ether oxygens (including phenoxy) is 2. The maximum Gasteiger partial charge on any atom is 0.347 e. The van der Waals surface area contributed by atoms with Crippen LogP contribution in [0, 0.1) is 0 Å². The molecule has 0 aliphatic carbocycles. The van der Waals surface area contributed by atoms with Crippen LogP contribution in [0.15, 0.2) is 59.1 Å². The van der Waals surface area contributed by atoms with Crippen molar-refractivity contribution in [3.63, 3.8) is 0 Å². The predicted molar refractivity (Wildman–Crippen MR) is 80.7 cm³/mol. The second kappa shape index (κ2) is 7.10. The number of hydrogen-bond donors (Lipinski definition) is 0. The molecule has 0 aliphatic heterocycles. The largest absolute Gasteiger partial charge is 0.478 e. The van der Waals surface area contributed by atoms with Gasteiger partial charge in [-0.2, -0.15) is 0 Å². The van der Waals surface area contributed by atoms with Gasteiger partial charge in [-0.3, -0.25) is 0 Å². The summed E-state index contributed by atoms with van der Waals surface area (Å²) < 4.78 is 11.5. The van der Waals surface area contributed by atoms with Gasteiger partial charge in [-0.25, -0.2) is 4.79 Å². The Morgan fingerprint density at radius 2 is 1.90 bits per heavy atom. The third-order valence-corrected chi connectivity index (χ3v) is 3.30. The molecule has 2 aromatic carbocycles. The summed E-state index contributed by atoms with van der Waals surface area (Å²) >= 11 is 3.38. The molecule has 0 fully saturated rings. The van der Waals surface area contributed by atoms with E-state index >= 15 is 0 Å². The van der Waals surface area contributed by atoms with Crippen molar-refractivity contribution >= 4 is 21.9 Å². The van der Waals surface area contributed by atoms with Crippen LogP contribution in [-0.4, -0.2) is 19.2 Å². The van der Waals surface area contributed by atoms with Gasteiger partial charge in [0, 0.05) is 10.9 Å². The highest BCUT2D eigenvalue weighted by Gasteiger charge is 2.21. The molecule has 0 spiro atoms. The molecule has 2 aromatic rings. The average Bonchev–Trinajstić information content (AvgIpc) is 2.47. The van der Waals surface area contributed by atoms with Crippen molar-refractivity contribution in [3.05, 3.63) is 64.6 Å². The highest BCUT2D eigenvalue weighted by Crippen LogP contribution is 2.20. The number of hydrogen-bond acceptors (Lipinski definition) is 3. The summed E-state index contributed by atoms with van der Waals surface area (Å²) in [5.41, 5.74) is 1.03. The first-order valence-corrected chi connectivity index (χ1v) is 7.02. The minimum atomic E-state index is -0.656. The Morgan fingerprint density at radius 1 is 1.15 bits per heavy atom. The van der Waals surface area contributed by atoms with Gasteiger partial charge in [0.05, 0.1) is 7.11 Å². The summed E-state index contributed by atoms with van der Waals surface area (Å²) in [5.74, 6) is 0.250. The molecule has 0 aromatic heterocycles. The van der Waals surface area contributed by atoms with Crippen LogP contribution in [0.4, 0.5) is 0 Å². The van der Waals surface area contributed by atoms with Gasteiger partial charge in [0.25, 0.3) is 0 Å². The lowest BCUT2D eigenvalue weighted by molar-refractivity contribution is -0.148. The molecular weight excluding hydrogens is 320 g/mol. The van der Waals surface area contributed by atoms with E-state index in [0.717, 1.165) is 10.0 Å². The van der Waals surface area contributed by atoms with Gasteiger partial charge >= 0.3 is 5.97 Å². The van der Waals surface area contributed by atoms with Gasteiger partial charge in [0.15, 0.2) is 6.10 Å². The number of esters is 1. The Balaban J connectivity index is 2.14. The molecule has 0 heterocycles.